The fraction of sp³-hybridized carbons (Fsp3) is 0.143. The van der Waals surface area contributed by atoms with Gasteiger partial charge in [-0.1, -0.05) is 11.8 Å². The summed E-state index contributed by atoms with van der Waals surface area (Å²) < 4.78 is 0. The number of rotatable bonds is 1. The molecular weight excluding hydrogens is 179 g/mol. The molecule has 0 bridgehead atoms. The lowest BCUT2D eigenvalue weighted by atomic mass is 10.1. The van der Waals surface area contributed by atoms with Gasteiger partial charge in [0.1, 0.15) is 0 Å². The third kappa shape index (κ3) is 1.67. The second-order valence-corrected chi connectivity index (χ2v) is 3.39. The number of Topliss-reactive ketones (excluding diaryl/α,β-unsaturated/α-hetero) is 1. The van der Waals surface area contributed by atoms with Crippen molar-refractivity contribution < 1.29 is 9.59 Å². The number of ketones is 2. The van der Waals surface area contributed by atoms with Crippen molar-refractivity contribution >= 4 is 30.7 Å². The summed E-state index contributed by atoms with van der Waals surface area (Å²) in [6.07, 6.45) is 2.62. The molecule has 0 radical (unpaired) electrons. The van der Waals surface area contributed by atoms with Gasteiger partial charge < -0.3 is 0 Å². The molecule has 0 N–H and O–H groups in total. The minimum absolute atomic E-state index is 0.110. The third-order valence-electron chi connectivity index (χ3n) is 1.33. The summed E-state index contributed by atoms with van der Waals surface area (Å²) in [6.45, 7) is 1.62. The van der Waals surface area contributed by atoms with E-state index in [1.165, 1.54) is 12.2 Å². The molecule has 0 aliphatic heterocycles. The van der Waals surface area contributed by atoms with E-state index in [2.05, 4.69) is 11.8 Å². The van der Waals surface area contributed by atoms with Crippen LogP contribution in [0.15, 0.2) is 23.0 Å². The second-order valence-electron chi connectivity index (χ2n) is 2.18. The highest BCUT2D eigenvalue weighted by atomic mass is 32.4. The maximum atomic E-state index is 11.1. The fourth-order valence-corrected chi connectivity index (χ4v) is 1.64. The van der Waals surface area contributed by atoms with Crippen molar-refractivity contribution in [2.45, 2.75) is 6.92 Å². The van der Waals surface area contributed by atoms with Crippen LogP contribution in [0.3, 0.4) is 0 Å². The molecule has 11 heavy (non-hydrogen) atoms. The molecule has 1 aliphatic rings. The Morgan fingerprint density at radius 1 is 1.36 bits per heavy atom. The molecule has 56 valence electrons. The zero-order valence-corrected chi connectivity index (χ0v) is 7.54. The molecule has 0 spiro atoms. The first-order valence-electron chi connectivity index (χ1n) is 2.97. The Labute approximate surface area is 70.8 Å². The Bertz CT molecular complexity index is 302. The average Bonchev–Trinajstić information content (AvgIpc) is 1.96. The van der Waals surface area contributed by atoms with Crippen molar-refractivity contribution in [1.82, 2.24) is 0 Å². The number of hydrogen-bond donors (Lipinski definition) is 0. The van der Waals surface area contributed by atoms with Gasteiger partial charge in [0, 0.05) is 19.0 Å². The monoisotopic (exact) mass is 184 g/mol. The van der Waals surface area contributed by atoms with Crippen molar-refractivity contribution in [3.8, 4) is 0 Å². The minimum Gasteiger partial charge on any atom is -0.290 e. The molecule has 0 heterocycles. The van der Waals surface area contributed by atoms with E-state index in [9.17, 15) is 9.59 Å². The third-order valence-corrected chi connectivity index (χ3v) is 2.45. The van der Waals surface area contributed by atoms with E-state index in [4.69, 9.17) is 0 Å². The van der Waals surface area contributed by atoms with Gasteiger partial charge in [-0.3, -0.25) is 9.59 Å². The minimum atomic E-state index is -0.144. The SMILES string of the molecule is CC1=CC(=O)C=C(P=S)C1=O. The van der Waals surface area contributed by atoms with Crippen LogP contribution in [-0.4, -0.2) is 11.6 Å². The standard InChI is InChI=1S/C7H5O2PS/c1-4-2-5(8)3-6(10-11)7(4)9/h2-3H,1H3. The Kier molecular flexibility index (Phi) is 2.42. The molecule has 0 aromatic rings. The first-order chi connectivity index (χ1) is 5.15. The highest BCUT2D eigenvalue weighted by Gasteiger charge is 2.16. The zero-order chi connectivity index (χ0) is 8.43. The Morgan fingerprint density at radius 2 is 2.00 bits per heavy atom. The molecule has 1 aliphatic carbocycles. The topological polar surface area (TPSA) is 34.1 Å². The number of carbonyl (C=O) groups excluding carboxylic acids is 2. The first-order valence-corrected chi connectivity index (χ1v) is 4.88. The number of allylic oxidation sites excluding steroid dienone is 4. The van der Waals surface area contributed by atoms with Crippen LogP contribution in [0.2, 0.25) is 0 Å². The van der Waals surface area contributed by atoms with E-state index in [0.29, 0.717) is 18.2 Å². The quantitative estimate of drug-likeness (QED) is 0.456. The van der Waals surface area contributed by atoms with Crippen LogP contribution < -0.4 is 0 Å². The average molecular weight is 184 g/mol. The van der Waals surface area contributed by atoms with Gasteiger partial charge in [0.05, 0.1) is 5.31 Å². The fourth-order valence-electron chi connectivity index (χ4n) is 0.791. The van der Waals surface area contributed by atoms with Crippen LogP contribution in [0.5, 0.6) is 0 Å². The molecule has 0 saturated heterocycles. The predicted octanol–water partition coefficient (Wildman–Crippen LogP) is 1.38. The number of carbonyl (C=O) groups is 2. The van der Waals surface area contributed by atoms with Crippen LogP contribution in [0.25, 0.3) is 0 Å². The molecule has 0 fully saturated rings. The molecule has 0 aromatic carbocycles. The molecule has 0 amide bonds. The van der Waals surface area contributed by atoms with Crippen LogP contribution in [0.4, 0.5) is 0 Å². The van der Waals surface area contributed by atoms with Crippen molar-refractivity contribution in [2.24, 2.45) is 0 Å². The largest absolute Gasteiger partial charge is 0.290 e. The van der Waals surface area contributed by atoms with Gasteiger partial charge >= 0.3 is 0 Å². The summed E-state index contributed by atoms with van der Waals surface area (Å²) in [5, 5.41) is 0.407. The summed E-state index contributed by atoms with van der Waals surface area (Å²) >= 11 is 4.66. The summed E-state index contributed by atoms with van der Waals surface area (Å²) in [7, 11) is 0.444. The van der Waals surface area contributed by atoms with Crippen molar-refractivity contribution in [1.29, 1.82) is 0 Å². The number of hydrogen-bond acceptors (Lipinski definition) is 3. The summed E-state index contributed by atoms with van der Waals surface area (Å²) in [4.78, 5) is 22.0. The van der Waals surface area contributed by atoms with Gasteiger partial charge in [-0.25, -0.2) is 0 Å². The Hall–Kier alpha value is -0.660. The smallest absolute Gasteiger partial charge is 0.194 e. The first kappa shape index (κ1) is 8.44. The highest BCUT2D eigenvalue weighted by Crippen LogP contribution is 2.21. The molecule has 1 rings (SSSR count). The van der Waals surface area contributed by atoms with Gasteiger partial charge in [-0.15, -0.1) is 0 Å². The predicted molar refractivity (Wildman–Crippen MR) is 46.1 cm³/mol. The summed E-state index contributed by atoms with van der Waals surface area (Å²) in [5.41, 5.74) is 0.477. The van der Waals surface area contributed by atoms with Gasteiger partial charge in [0.15, 0.2) is 11.6 Å². The van der Waals surface area contributed by atoms with Gasteiger partial charge in [0.25, 0.3) is 0 Å². The molecule has 0 atom stereocenters. The molecule has 2 nitrogen and oxygen atoms in total. The van der Waals surface area contributed by atoms with E-state index in [1.54, 1.807) is 6.92 Å². The van der Waals surface area contributed by atoms with E-state index < -0.39 is 0 Å². The molecule has 4 heteroatoms. The lowest BCUT2D eigenvalue weighted by molar-refractivity contribution is -0.114. The Balaban J connectivity index is 3.09. The van der Waals surface area contributed by atoms with E-state index >= 15 is 0 Å². The molecule has 0 aromatic heterocycles. The van der Waals surface area contributed by atoms with Crippen LogP contribution >= 0.6 is 7.36 Å². The lowest BCUT2D eigenvalue weighted by Gasteiger charge is -2.03. The molecular formula is C7H5O2PS. The second kappa shape index (κ2) is 3.16. The van der Waals surface area contributed by atoms with Gasteiger partial charge in [-0.05, 0) is 13.0 Å². The lowest BCUT2D eigenvalue weighted by Crippen LogP contribution is -2.08. The van der Waals surface area contributed by atoms with Crippen LogP contribution in [-0.2, 0) is 21.4 Å². The van der Waals surface area contributed by atoms with Crippen LogP contribution in [0.1, 0.15) is 6.92 Å². The van der Waals surface area contributed by atoms with Crippen LogP contribution in [0, 0.1) is 0 Å². The Morgan fingerprint density at radius 3 is 2.55 bits per heavy atom. The van der Waals surface area contributed by atoms with E-state index in [-0.39, 0.29) is 11.6 Å². The van der Waals surface area contributed by atoms with E-state index in [0.717, 1.165) is 0 Å². The molecule has 0 unspecified atom stereocenters. The van der Waals surface area contributed by atoms with E-state index in [1.807, 2.05) is 0 Å². The highest BCUT2D eigenvalue weighted by molar-refractivity contribution is 7.98. The maximum Gasteiger partial charge on any atom is 0.194 e. The van der Waals surface area contributed by atoms with Crippen molar-refractivity contribution in [3.05, 3.63) is 23.0 Å². The maximum absolute atomic E-state index is 11.1. The van der Waals surface area contributed by atoms with Crippen molar-refractivity contribution in [2.75, 3.05) is 0 Å². The van der Waals surface area contributed by atoms with Gasteiger partial charge in [-0.2, -0.15) is 0 Å². The van der Waals surface area contributed by atoms with Gasteiger partial charge in [0.2, 0.25) is 0 Å². The summed E-state index contributed by atoms with van der Waals surface area (Å²) in [6, 6.07) is 0. The zero-order valence-electron chi connectivity index (χ0n) is 5.83. The molecule has 0 saturated carbocycles. The summed E-state index contributed by atoms with van der Waals surface area (Å²) in [5.74, 6) is -0.254. The van der Waals surface area contributed by atoms with Crippen molar-refractivity contribution in [3.63, 3.8) is 0 Å². The normalized spacial score (nSPS) is 18.3.